The van der Waals surface area contributed by atoms with Crippen LogP contribution >= 0.6 is 0 Å². The lowest BCUT2D eigenvalue weighted by Crippen LogP contribution is -2.31. The zero-order valence-electron chi connectivity index (χ0n) is 17.3. The summed E-state index contributed by atoms with van der Waals surface area (Å²) in [4.78, 5) is 0. The molecule has 2 aromatic carbocycles. The van der Waals surface area contributed by atoms with Gasteiger partial charge in [0.1, 0.15) is 0 Å². The average Bonchev–Trinajstić information content (AvgIpc) is 3.01. The summed E-state index contributed by atoms with van der Waals surface area (Å²) in [6.45, 7) is 14.5. The lowest BCUT2D eigenvalue weighted by Gasteiger charge is -2.18. The van der Waals surface area contributed by atoms with Crippen LogP contribution < -0.4 is 5.32 Å². The van der Waals surface area contributed by atoms with E-state index in [1.165, 1.54) is 38.5 Å². The number of rotatable bonds is 9. The summed E-state index contributed by atoms with van der Waals surface area (Å²) in [6.07, 6.45) is -0.188. The van der Waals surface area contributed by atoms with Gasteiger partial charge in [-0.1, -0.05) is 24.3 Å². The molecule has 1 N–H and O–H groups in total. The van der Waals surface area contributed by atoms with Crippen LogP contribution in [0.15, 0.2) is 30.3 Å². The first-order chi connectivity index (χ1) is 13.1. The van der Waals surface area contributed by atoms with E-state index in [1.807, 2.05) is 13.8 Å². The van der Waals surface area contributed by atoms with E-state index in [1.54, 1.807) is 0 Å². The Kier molecular flexibility index (Phi) is 6.53. The van der Waals surface area contributed by atoms with Crippen LogP contribution in [0.25, 0.3) is 21.8 Å². The van der Waals surface area contributed by atoms with Crippen molar-refractivity contribution >= 4 is 21.8 Å². The van der Waals surface area contributed by atoms with Gasteiger partial charge in [-0.15, -0.1) is 0 Å². The van der Waals surface area contributed by atoms with E-state index in [9.17, 15) is 0 Å². The molecule has 0 unspecified atom stereocenters. The molecule has 0 spiro atoms. The first kappa shape index (κ1) is 19.9. The average molecular weight is 369 g/mol. The predicted molar refractivity (Wildman–Crippen MR) is 113 cm³/mol. The Morgan fingerprint density at radius 2 is 1.74 bits per heavy atom. The minimum Gasteiger partial charge on any atom is -0.352 e. The fraction of sp³-hybridized carbons (Fsp3) is 0.478. The van der Waals surface area contributed by atoms with Gasteiger partial charge in [0.2, 0.25) is 0 Å². The van der Waals surface area contributed by atoms with E-state index in [4.69, 9.17) is 9.47 Å². The van der Waals surface area contributed by atoms with E-state index in [0.29, 0.717) is 19.8 Å². The first-order valence-corrected chi connectivity index (χ1v) is 10.1. The van der Waals surface area contributed by atoms with Crippen molar-refractivity contribution in [1.82, 2.24) is 9.88 Å². The van der Waals surface area contributed by atoms with Gasteiger partial charge < -0.3 is 19.4 Å². The van der Waals surface area contributed by atoms with Crippen LogP contribution in [0.2, 0.25) is 0 Å². The van der Waals surface area contributed by atoms with Gasteiger partial charge in [0.25, 0.3) is 0 Å². The topological polar surface area (TPSA) is 35.4 Å². The highest BCUT2D eigenvalue weighted by Gasteiger charge is 2.16. The number of hydrogen-bond donors (Lipinski definition) is 1. The van der Waals surface area contributed by atoms with Crippen LogP contribution in [0, 0.1) is 13.8 Å². The molecule has 3 rings (SSSR count). The number of hydrogen-bond acceptors (Lipinski definition) is 3. The van der Waals surface area contributed by atoms with Crippen LogP contribution in [-0.4, -0.2) is 30.6 Å². The standard InChI is InChI=1S/C23H32N2O2/c1-6-25-20-12-10-9-11-19(20)22-17(5)18(13-16(4)23(22)25)14-24-15-21(26-7-2)27-8-3/h9-13,21,24H,6-8,14-15H2,1-5H3. The molecule has 0 saturated carbocycles. The highest BCUT2D eigenvalue weighted by molar-refractivity contribution is 6.11. The highest BCUT2D eigenvalue weighted by atomic mass is 16.7. The van der Waals surface area contributed by atoms with Crippen molar-refractivity contribution in [3.05, 3.63) is 47.0 Å². The Morgan fingerprint density at radius 1 is 1.04 bits per heavy atom. The molecule has 4 nitrogen and oxygen atoms in total. The lowest BCUT2D eigenvalue weighted by atomic mass is 9.98. The van der Waals surface area contributed by atoms with Crippen molar-refractivity contribution in [2.75, 3.05) is 19.8 Å². The number of fused-ring (bicyclic) bond motifs is 3. The van der Waals surface area contributed by atoms with Gasteiger partial charge in [-0.25, -0.2) is 0 Å². The van der Waals surface area contributed by atoms with Crippen molar-refractivity contribution < 1.29 is 9.47 Å². The molecule has 1 aromatic heterocycles. The van der Waals surface area contributed by atoms with Gasteiger partial charge in [-0.3, -0.25) is 0 Å². The fourth-order valence-corrected chi connectivity index (χ4v) is 4.07. The minimum absolute atomic E-state index is 0.188. The molecule has 0 aliphatic rings. The van der Waals surface area contributed by atoms with Crippen molar-refractivity contribution in [2.45, 2.75) is 54.0 Å². The second-order valence-electron chi connectivity index (χ2n) is 6.93. The molecule has 0 radical (unpaired) electrons. The van der Waals surface area contributed by atoms with Gasteiger partial charge >= 0.3 is 0 Å². The Morgan fingerprint density at radius 3 is 2.41 bits per heavy atom. The third-order valence-electron chi connectivity index (χ3n) is 5.24. The molecule has 0 saturated heterocycles. The molecular weight excluding hydrogens is 336 g/mol. The highest BCUT2D eigenvalue weighted by Crippen LogP contribution is 2.35. The molecule has 0 fully saturated rings. The van der Waals surface area contributed by atoms with Crippen molar-refractivity contribution in [3.8, 4) is 0 Å². The molecule has 0 aliphatic heterocycles. The number of aromatic nitrogens is 1. The normalized spacial score (nSPS) is 11.9. The summed E-state index contributed by atoms with van der Waals surface area (Å²) in [5, 5.41) is 6.25. The molecule has 27 heavy (non-hydrogen) atoms. The Hall–Kier alpha value is -1.88. The Bertz CT molecular complexity index is 908. The van der Waals surface area contributed by atoms with E-state index >= 15 is 0 Å². The van der Waals surface area contributed by atoms with Gasteiger partial charge in [0, 0.05) is 49.1 Å². The van der Waals surface area contributed by atoms with Gasteiger partial charge in [-0.2, -0.15) is 0 Å². The quantitative estimate of drug-likeness (QED) is 0.545. The summed E-state index contributed by atoms with van der Waals surface area (Å²) in [6, 6.07) is 11.1. The Balaban J connectivity index is 1.94. The first-order valence-electron chi connectivity index (χ1n) is 10.1. The Labute approximate surface area is 162 Å². The SMILES string of the molecule is CCOC(CNCc1cc(C)c2c(c1C)c1ccccc1n2CC)OCC. The van der Waals surface area contributed by atoms with Gasteiger partial charge in [0.05, 0.1) is 5.52 Å². The van der Waals surface area contributed by atoms with Crippen LogP contribution in [0.5, 0.6) is 0 Å². The van der Waals surface area contributed by atoms with Crippen LogP contribution in [0.1, 0.15) is 37.5 Å². The monoisotopic (exact) mass is 368 g/mol. The van der Waals surface area contributed by atoms with Crippen LogP contribution in [0.3, 0.4) is 0 Å². The van der Waals surface area contributed by atoms with E-state index in [-0.39, 0.29) is 6.29 Å². The third-order valence-corrected chi connectivity index (χ3v) is 5.24. The molecule has 4 heteroatoms. The van der Waals surface area contributed by atoms with Gasteiger partial charge in [0.15, 0.2) is 6.29 Å². The number of nitrogens with one attached hydrogen (secondary N) is 1. The van der Waals surface area contributed by atoms with Crippen molar-refractivity contribution in [3.63, 3.8) is 0 Å². The maximum Gasteiger partial charge on any atom is 0.169 e. The summed E-state index contributed by atoms with van der Waals surface area (Å²) >= 11 is 0. The maximum absolute atomic E-state index is 5.63. The van der Waals surface area contributed by atoms with Crippen molar-refractivity contribution in [1.29, 1.82) is 0 Å². The lowest BCUT2D eigenvalue weighted by molar-refractivity contribution is -0.133. The zero-order chi connectivity index (χ0) is 19.4. The van der Waals surface area contributed by atoms with E-state index in [2.05, 4.69) is 61.0 Å². The molecule has 1 heterocycles. The van der Waals surface area contributed by atoms with E-state index in [0.717, 1.165) is 13.1 Å². The molecular formula is C23H32N2O2. The van der Waals surface area contributed by atoms with Crippen molar-refractivity contribution in [2.24, 2.45) is 0 Å². The number of nitrogens with zero attached hydrogens (tertiary/aromatic N) is 1. The fourth-order valence-electron chi connectivity index (χ4n) is 4.07. The number of benzene rings is 2. The zero-order valence-corrected chi connectivity index (χ0v) is 17.3. The second-order valence-corrected chi connectivity index (χ2v) is 6.93. The molecule has 0 aliphatic carbocycles. The maximum atomic E-state index is 5.63. The van der Waals surface area contributed by atoms with Gasteiger partial charge in [-0.05, 0) is 57.4 Å². The third kappa shape index (κ3) is 3.88. The van der Waals surface area contributed by atoms with Crippen LogP contribution in [0.4, 0.5) is 0 Å². The molecule has 0 atom stereocenters. The smallest absolute Gasteiger partial charge is 0.169 e. The summed E-state index contributed by atoms with van der Waals surface area (Å²) in [7, 11) is 0. The summed E-state index contributed by atoms with van der Waals surface area (Å²) < 4.78 is 13.7. The second kappa shape index (κ2) is 8.87. The molecule has 0 bridgehead atoms. The molecule has 146 valence electrons. The summed E-state index contributed by atoms with van der Waals surface area (Å²) in [5.41, 5.74) is 6.71. The number of ether oxygens (including phenoxy) is 2. The largest absolute Gasteiger partial charge is 0.352 e. The number of aryl methyl sites for hydroxylation is 3. The molecule has 0 amide bonds. The minimum atomic E-state index is -0.188. The predicted octanol–water partition coefficient (Wildman–Crippen LogP) is 4.92. The van der Waals surface area contributed by atoms with Crippen LogP contribution in [-0.2, 0) is 22.6 Å². The summed E-state index contributed by atoms with van der Waals surface area (Å²) in [5.74, 6) is 0. The molecule has 3 aromatic rings. The van der Waals surface area contributed by atoms with E-state index < -0.39 is 0 Å². The number of para-hydroxylation sites is 1.